The molecule has 2 heterocycles. The molecule has 0 amide bonds. The number of carbonyl (C=O) groups excluding carboxylic acids is 1. The van der Waals surface area contributed by atoms with Gasteiger partial charge in [-0.15, -0.1) is 11.3 Å². The Morgan fingerprint density at radius 3 is 2.41 bits per heavy atom. The van der Waals surface area contributed by atoms with Crippen molar-refractivity contribution < 1.29 is 24.1 Å². The summed E-state index contributed by atoms with van der Waals surface area (Å²) in [7, 11) is 0. The third-order valence-electron chi connectivity index (χ3n) is 5.98. The Morgan fingerprint density at radius 2 is 1.71 bits per heavy atom. The summed E-state index contributed by atoms with van der Waals surface area (Å²) in [4.78, 5) is 16.6. The number of hydrogen-bond acceptors (Lipinski definition) is 6. The number of thiophene rings is 1. The van der Waals surface area contributed by atoms with Crippen molar-refractivity contribution in [1.82, 2.24) is 4.90 Å². The second-order valence-corrected chi connectivity index (χ2v) is 9.48. The third-order valence-corrected chi connectivity index (χ3v) is 7.18. The van der Waals surface area contributed by atoms with Gasteiger partial charge in [0.05, 0.1) is 6.67 Å². The normalized spacial score (nSPS) is 14.3. The number of fused-ring (bicyclic) bond motifs is 1. The van der Waals surface area contributed by atoms with Crippen molar-refractivity contribution in [2.45, 2.75) is 12.5 Å². The standard InChI is InChI=1S/C27H24FNO4S/c28-12-1-13-29-15-22(16-29)33-21-9-4-17(5-10-21)26(32)25-23-11-8-20(31)14-24(23)34-27(25)18-2-6-19(30)7-3-18/h2-11,14,22,30-31H,1,12-13,15-16H2. The Labute approximate surface area is 200 Å². The summed E-state index contributed by atoms with van der Waals surface area (Å²) in [6.45, 7) is 2.01. The van der Waals surface area contributed by atoms with Gasteiger partial charge in [0.25, 0.3) is 0 Å². The van der Waals surface area contributed by atoms with Crippen molar-refractivity contribution in [1.29, 1.82) is 0 Å². The molecule has 0 unspecified atom stereocenters. The summed E-state index contributed by atoms with van der Waals surface area (Å²) in [6, 6.07) is 18.9. The van der Waals surface area contributed by atoms with Gasteiger partial charge in [0, 0.05) is 45.7 Å². The molecule has 0 aliphatic carbocycles. The molecule has 0 spiro atoms. The van der Waals surface area contributed by atoms with Crippen molar-refractivity contribution >= 4 is 27.2 Å². The molecule has 1 aliphatic heterocycles. The van der Waals surface area contributed by atoms with Gasteiger partial charge in [-0.2, -0.15) is 0 Å². The lowest BCUT2D eigenvalue weighted by atomic mass is 9.97. The first-order valence-corrected chi connectivity index (χ1v) is 12.0. The predicted octanol–water partition coefficient (Wildman–Crippen LogP) is 5.63. The highest BCUT2D eigenvalue weighted by Gasteiger charge is 2.28. The molecule has 5 nitrogen and oxygen atoms in total. The van der Waals surface area contributed by atoms with Crippen LogP contribution in [0.3, 0.4) is 0 Å². The van der Waals surface area contributed by atoms with E-state index in [0.717, 1.165) is 40.2 Å². The molecule has 34 heavy (non-hydrogen) atoms. The van der Waals surface area contributed by atoms with Crippen molar-refractivity contribution in [2.75, 3.05) is 26.3 Å². The van der Waals surface area contributed by atoms with Crippen LogP contribution in [0.4, 0.5) is 4.39 Å². The summed E-state index contributed by atoms with van der Waals surface area (Å²) in [6.07, 6.45) is 0.628. The highest BCUT2D eigenvalue weighted by Crippen LogP contribution is 2.41. The maximum Gasteiger partial charge on any atom is 0.195 e. The fourth-order valence-corrected chi connectivity index (χ4v) is 5.45. The van der Waals surface area contributed by atoms with Crippen LogP contribution < -0.4 is 4.74 Å². The highest BCUT2D eigenvalue weighted by molar-refractivity contribution is 7.22. The number of hydrogen-bond donors (Lipinski definition) is 2. The van der Waals surface area contributed by atoms with E-state index in [1.165, 1.54) is 11.3 Å². The SMILES string of the molecule is O=C(c1ccc(OC2CN(CCCF)C2)cc1)c1c(-c2ccc(O)cc2)sc2cc(O)ccc12. The summed E-state index contributed by atoms with van der Waals surface area (Å²) >= 11 is 1.43. The Kier molecular flexibility index (Phi) is 6.22. The lowest BCUT2D eigenvalue weighted by Crippen LogP contribution is -2.53. The number of rotatable bonds is 8. The molecule has 0 saturated carbocycles. The zero-order valence-corrected chi connectivity index (χ0v) is 19.2. The molecule has 1 aromatic heterocycles. The first kappa shape index (κ1) is 22.4. The Hall–Kier alpha value is -3.42. The smallest absolute Gasteiger partial charge is 0.195 e. The second-order valence-electron chi connectivity index (χ2n) is 8.43. The van der Waals surface area contributed by atoms with Crippen LogP contribution in [0.1, 0.15) is 22.3 Å². The number of nitrogens with zero attached hydrogens (tertiary/aromatic N) is 1. The Bertz CT molecular complexity index is 1310. The first-order valence-electron chi connectivity index (χ1n) is 11.2. The van der Waals surface area contributed by atoms with Crippen molar-refractivity contribution in [3.63, 3.8) is 0 Å². The van der Waals surface area contributed by atoms with Gasteiger partial charge in [0.15, 0.2) is 5.78 Å². The van der Waals surface area contributed by atoms with Crippen molar-refractivity contribution in [2.24, 2.45) is 0 Å². The van der Waals surface area contributed by atoms with E-state index in [-0.39, 0.29) is 30.1 Å². The fourth-order valence-electron chi connectivity index (χ4n) is 4.21. The lowest BCUT2D eigenvalue weighted by Gasteiger charge is -2.38. The molecule has 1 aliphatic rings. The minimum Gasteiger partial charge on any atom is -0.508 e. The van der Waals surface area contributed by atoms with Crippen LogP contribution in [0.15, 0.2) is 66.7 Å². The summed E-state index contributed by atoms with van der Waals surface area (Å²) < 4.78 is 19.1. The number of likely N-dealkylation sites (tertiary alicyclic amines) is 1. The van der Waals surface area contributed by atoms with Crippen LogP contribution in [0.2, 0.25) is 0 Å². The number of halogens is 1. The van der Waals surface area contributed by atoms with Gasteiger partial charge in [0.1, 0.15) is 23.4 Å². The van der Waals surface area contributed by atoms with Gasteiger partial charge >= 0.3 is 0 Å². The number of phenols is 2. The molecule has 0 bridgehead atoms. The van der Waals surface area contributed by atoms with E-state index in [1.54, 1.807) is 66.7 Å². The minimum atomic E-state index is -0.299. The topological polar surface area (TPSA) is 70.0 Å². The molecule has 1 fully saturated rings. The Balaban J connectivity index is 1.40. The summed E-state index contributed by atoms with van der Waals surface area (Å²) in [5, 5.41) is 20.4. The van der Waals surface area contributed by atoms with Crippen LogP contribution in [0.25, 0.3) is 20.5 Å². The molecule has 174 valence electrons. The van der Waals surface area contributed by atoms with Gasteiger partial charge in [-0.1, -0.05) is 0 Å². The number of carbonyl (C=O) groups is 1. The minimum absolute atomic E-state index is 0.0794. The maximum atomic E-state index is 13.6. The van der Waals surface area contributed by atoms with E-state index in [1.807, 2.05) is 0 Å². The largest absolute Gasteiger partial charge is 0.508 e. The van der Waals surface area contributed by atoms with Gasteiger partial charge in [-0.3, -0.25) is 14.1 Å². The summed E-state index contributed by atoms with van der Waals surface area (Å²) in [5.74, 6) is 0.881. The van der Waals surface area contributed by atoms with Crippen LogP contribution in [-0.2, 0) is 0 Å². The molecule has 3 aromatic carbocycles. The molecule has 7 heteroatoms. The molecule has 2 N–H and O–H groups in total. The average Bonchev–Trinajstić information content (AvgIpc) is 3.19. The van der Waals surface area contributed by atoms with Gasteiger partial charge < -0.3 is 14.9 Å². The average molecular weight is 478 g/mol. The van der Waals surface area contributed by atoms with Crippen LogP contribution in [0, 0.1) is 0 Å². The number of benzene rings is 3. The number of ketones is 1. The number of phenolic OH excluding ortho intramolecular Hbond substituents is 2. The van der Waals surface area contributed by atoms with E-state index in [2.05, 4.69) is 4.90 Å². The first-order chi connectivity index (χ1) is 16.5. The quantitative estimate of drug-likeness (QED) is 0.322. The van der Waals surface area contributed by atoms with E-state index >= 15 is 0 Å². The second kappa shape index (κ2) is 9.44. The maximum absolute atomic E-state index is 13.6. The van der Waals surface area contributed by atoms with Crippen LogP contribution in [0.5, 0.6) is 17.2 Å². The molecule has 1 saturated heterocycles. The van der Waals surface area contributed by atoms with Crippen LogP contribution >= 0.6 is 11.3 Å². The zero-order chi connectivity index (χ0) is 23.7. The van der Waals surface area contributed by atoms with Crippen molar-refractivity contribution in [3.8, 4) is 27.7 Å². The monoisotopic (exact) mass is 477 g/mol. The van der Waals surface area contributed by atoms with E-state index in [0.29, 0.717) is 23.3 Å². The van der Waals surface area contributed by atoms with Gasteiger partial charge in [-0.05, 0) is 78.7 Å². The number of ether oxygens (including phenoxy) is 1. The zero-order valence-electron chi connectivity index (χ0n) is 18.4. The molecule has 0 radical (unpaired) electrons. The summed E-state index contributed by atoms with van der Waals surface area (Å²) in [5.41, 5.74) is 1.93. The molecular weight excluding hydrogens is 453 g/mol. The van der Waals surface area contributed by atoms with Crippen LogP contribution in [-0.4, -0.2) is 53.3 Å². The third kappa shape index (κ3) is 4.49. The molecule has 5 rings (SSSR count). The number of alkyl halides is 1. The highest BCUT2D eigenvalue weighted by atomic mass is 32.1. The van der Waals surface area contributed by atoms with E-state index in [9.17, 15) is 19.4 Å². The van der Waals surface area contributed by atoms with E-state index in [4.69, 9.17) is 4.74 Å². The lowest BCUT2D eigenvalue weighted by molar-refractivity contribution is 0.0184. The Morgan fingerprint density at radius 1 is 1.00 bits per heavy atom. The number of aromatic hydroxyl groups is 2. The van der Waals surface area contributed by atoms with Gasteiger partial charge in [0.2, 0.25) is 0 Å². The van der Waals surface area contributed by atoms with Gasteiger partial charge in [-0.25, -0.2) is 0 Å². The van der Waals surface area contributed by atoms with E-state index < -0.39 is 0 Å². The fraction of sp³-hybridized carbons (Fsp3) is 0.222. The molecular formula is C27H24FNO4S. The molecule has 0 atom stereocenters. The molecule has 4 aromatic rings. The van der Waals surface area contributed by atoms with Crippen molar-refractivity contribution in [3.05, 3.63) is 77.9 Å². The predicted molar refractivity (Wildman–Crippen MR) is 132 cm³/mol.